The van der Waals surface area contributed by atoms with Gasteiger partial charge in [0.2, 0.25) is 0 Å². The van der Waals surface area contributed by atoms with E-state index in [-0.39, 0.29) is 0 Å². The summed E-state index contributed by atoms with van der Waals surface area (Å²) >= 11 is 4.05. The Bertz CT molecular complexity index is 431. The number of hydrogen-bond acceptors (Lipinski definition) is 2. The molecule has 0 saturated carbocycles. The second kappa shape index (κ2) is 5.19. The summed E-state index contributed by atoms with van der Waals surface area (Å²) in [7, 11) is 0. The third-order valence-corrected chi connectivity index (χ3v) is 5.64. The summed E-state index contributed by atoms with van der Waals surface area (Å²) in [6, 6.07) is 0. The highest BCUT2D eigenvalue weighted by atomic mass is 32.2. The lowest BCUT2D eigenvalue weighted by molar-refractivity contribution is 1.18. The lowest BCUT2D eigenvalue weighted by atomic mass is 9.98. The minimum Gasteiger partial charge on any atom is -0.139 e. The van der Waals surface area contributed by atoms with Crippen molar-refractivity contribution in [2.24, 2.45) is 0 Å². The van der Waals surface area contributed by atoms with E-state index in [1.165, 1.54) is 11.1 Å². The van der Waals surface area contributed by atoms with Crippen LogP contribution in [0.15, 0.2) is 71.9 Å². The van der Waals surface area contributed by atoms with E-state index in [4.69, 9.17) is 0 Å². The van der Waals surface area contributed by atoms with Crippen LogP contribution >= 0.6 is 23.5 Å². The first-order chi connectivity index (χ1) is 8.45. The highest BCUT2D eigenvalue weighted by Crippen LogP contribution is 2.41. The molecule has 0 aromatic heterocycles. The number of hydrogen-bond donors (Lipinski definition) is 0. The van der Waals surface area contributed by atoms with Gasteiger partial charge in [0.25, 0.3) is 0 Å². The molecule has 2 atom stereocenters. The second-order valence-electron chi connectivity index (χ2n) is 4.08. The lowest BCUT2D eigenvalue weighted by Crippen LogP contribution is -2.09. The smallest absolute Gasteiger partial charge is 0.0491 e. The maximum atomic E-state index is 2.31. The van der Waals surface area contributed by atoms with Crippen LogP contribution in [0, 0.1) is 0 Å². The topological polar surface area (TPSA) is 0 Å². The van der Waals surface area contributed by atoms with E-state index in [9.17, 15) is 0 Å². The summed E-state index contributed by atoms with van der Waals surface area (Å²) in [6.07, 6.45) is 22.0. The fourth-order valence-corrected chi connectivity index (χ4v) is 4.85. The summed E-state index contributed by atoms with van der Waals surface area (Å²) in [5.41, 5.74) is 2.93. The quantitative estimate of drug-likeness (QED) is 0.636. The van der Waals surface area contributed by atoms with Crippen molar-refractivity contribution in [3.63, 3.8) is 0 Å². The predicted molar refractivity (Wildman–Crippen MR) is 80.4 cm³/mol. The highest BCUT2D eigenvalue weighted by Gasteiger charge is 2.25. The number of fused-ring (bicyclic) bond motifs is 3. The van der Waals surface area contributed by atoms with Crippen LogP contribution in [-0.2, 0) is 0 Å². The fourth-order valence-electron chi connectivity index (χ4n) is 2.17. The fraction of sp³-hybridized carbons (Fsp3) is 0.200. The molecule has 0 amide bonds. The molecule has 3 aliphatic rings. The Hall–Kier alpha value is -0.860. The van der Waals surface area contributed by atoms with Crippen LogP contribution in [0.4, 0.5) is 0 Å². The van der Waals surface area contributed by atoms with Crippen molar-refractivity contribution in [1.29, 1.82) is 0 Å². The van der Waals surface area contributed by atoms with Gasteiger partial charge in [-0.05, 0) is 11.1 Å². The van der Waals surface area contributed by atoms with Gasteiger partial charge in [-0.2, -0.15) is 0 Å². The van der Waals surface area contributed by atoms with Crippen LogP contribution in [-0.4, -0.2) is 15.6 Å². The van der Waals surface area contributed by atoms with Crippen LogP contribution in [0.25, 0.3) is 0 Å². The van der Waals surface area contributed by atoms with Crippen molar-refractivity contribution in [3.8, 4) is 0 Å². The third-order valence-electron chi connectivity index (χ3n) is 3.01. The van der Waals surface area contributed by atoms with Gasteiger partial charge in [-0.1, -0.05) is 60.8 Å². The van der Waals surface area contributed by atoms with E-state index in [0.717, 1.165) is 5.08 Å². The molecule has 0 aromatic carbocycles. The summed E-state index contributed by atoms with van der Waals surface area (Å²) < 4.78 is 0. The molecule has 1 aliphatic heterocycles. The molecule has 2 aliphatic carbocycles. The second-order valence-corrected chi connectivity index (χ2v) is 6.70. The molecule has 0 bridgehead atoms. The Kier molecular flexibility index (Phi) is 3.44. The minimum atomic E-state index is 0.508. The van der Waals surface area contributed by atoms with Gasteiger partial charge in [0.05, 0.1) is 0 Å². The Morgan fingerprint density at radius 2 is 1.24 bits per heavy atom. The van der Waals surface area contributed by atoms with Crippen LogP contribution < -0.4 is 0 Å². The van der Waals surface area contributed by atoms with E-state index in [0.29, 0.717) is 10.5 Å². The zero-order chi connectivity index (χ0) is 11.5. The van der Waals surface area contributed by atoms with Gasteiger partial charge >= 0.3 is 0 Å². The molecule has 86 valence electrons. The first kappa shape index (κ1) is 11.2. The summed E-state index contributed by atoms with van der Waals surface area (Å²) in [5.74, 6) is 0. The molecule has 1 heterocycles. The van der Waals surface area contributed by atoms with E-state index < -0.39 is 0 Å². The van der Waals surface area contributed by atoms with Crippen molar-refractivity contribution in [1.82, 2.24) is 0 Å². The van der Waals surface area contributed by atoms with Crippen molar-refractivity contribution < 1.29 is 0 Å². The van der Waals surface area contributed by atoms with Gasteiger partial charge in [-0.25, -0.2) is 0 Å². The molecule has 0 nitrogen and oxygen atoms in total. The van der Waals surface area contributed by atoms with Crippen LogP contribution in [0.2, 0.25) is 0 Å². The minimum absolute atomic E-state index is 0.508. The average molecular weight is 258 g/mol. The van der Waals surface area contributed by atoms with Crippen LogP contribution in [0.5, 0.6) is 0 Å². The molecule has 0 aromatic rings. The maximum absolute atomic E-state index is 2.31. The Morgan fingerprint density at radius 3 is 1.76 bits per heavy atom. The van der Waals surface area contributed by atoms with E-state index in [2.05, 4.69) is 60.8 Å². The molecule has 0 N–H and O–H groups in total. The van der Waals surface area contributed by atoms with Gasteiger partial charge in [0.1, 0.15) is 0 Å². The van der Waals surface area contributed by atoms with Gasteiger partial charge in [-0.3, -0.25) is 0 Å². The van der Waals surface area contributed by atoms with E-state index in [1.54, 1.807) is 0 Å². The Morgan fingerprint density at radius 1 is 0.706 bits per heavy atom. The van der Waals surface area contributed by atoms with Gasteiger partial charge in [0, 0.05) is 15.6 Å². The predicted octanol–water partition coefficient (Wildman–Crippen LogP) is 4.27. The Balaban J connectivity index is 2.06. The molecular formula is C15H14S2. The molecular weight excluding hydrogens is 244 g/mol. The molecule has 3 rings (SSSR count). The number of rotatable bonds is 0. The first-order valence-electron chi connectivity index (χ1n) is 5.79. The average Bonchev–Trinajstić information content (AvgIpc) is 2.72. The molecule has 0 radical (unpaired) electrons. The molecule has 1 fully saturated rings. The monoisotopic (exact) mass is 258 g/mol. The van der Waals surface area contributed by atoms with E-state index >= 15 is 0 Å². The molecule has 0 spiro atoms. The van der Waals surface area contributed by atoms with Crippen molar-refractivity contribution in [2.45, 2.75) is 10.5 Å². The highest BCUT2D eigenvalue weighted by molar-refractivity contribution is 8.17. The Labute approximate surface area is 111 Å². The first-order valence-corrected chi connectivity index (χ1v) is 7.88. The van der Waals surface area contributed by atoms with E-state index in [1.807, 2.05) is 23.5 Å². The number of allylic oxidation sites excluding steroid dienone is 8. The zero-order valence-corrected chi connectivity index (χ0v) is 11.1. The van der Waals surface area contributed by atoms with Gasteiger partial charge in [0.15, 0.2) is 0 Å². The van der Waals surface area contributed by atoms with Crippen molar-refractivity contribution >= 4 is 23.5 Å². The SMILES string of the molecule is C1=CC=C2C3=CC=CC=CC3SCSC2C=C1. The van der Waals surface area contributed by atoms with Crippen molar-refractivity contribution in [2.75, 3.05) is 5.08 Å². The van der Waals surface area contributed by atoms with Gasteiger partial charge in [-0.15, -0.1) is 23.5 Å². The number of thioether (sulfide) groups is 2. The maximum Gasteiger partial charge on any atom is 0.0491 e. The molecule has 2 unspecified atom stereocenters. The molecule has 2 heteroatoms. The molecule has 1 saturated heterocycles. The van der Waals surface area contributed by atoms with Crippen LogP contribution in [0.1, 0.15) is 0 Å². The largest absolute Gasteiger partial charge is 0.139 e. The lowest BCUT2D eigenvalue weighted by Gasteiger charge is -2.17. The van der Waals surface area contributed by atoms with Crippen LogP contribution in [0.3, 0.4) is 0 Å². The van der Waals surface area contributed by atoms with Crippen molar-refractivity contribution in [3.05, 3.63) is 71.9 Å². The summed E-state index contributed by atoms with van der Waals surface area (Å²) in [5, 5.41) is 2.17. The molecule has 17 heavy (non-hydrogen) atoms. The standard InChI is InChI=1S/C15H14S2/c1-3-7-12-13-8-4-2-6-10-15(13)17-11-16-14(12)9-5-1/h1-10,14-15H,11H2. The summed E-state index contributed by atoms with van der Waals surface area (Å²) in [4.78, 5) is 0. The zero-order valence-electron chi connectivity index (χ0n) is 9.45. The third kappa shape index (κ3) is 2.38. The summed E-state index contributed by atoms with van der Waals surface area (Å²) in [6.45, 7) is 0. The van der Waals surface area contributed by atoms with Gasteiger partial charge < -0.3 is 0 Å². The normalized spacial score (nSPS) is 30.6.